The molecule has 0 fully saturated rings. The maximum atomic E-state index is 13.6. The average Bonchev–Trinajstić information content (AvgIpc) is 3.33. The van der Waals surface area contributed by atoms with Crippen LogP contribution >= 0.6 is 0 Å². The minimum atomic E-state index is -1.16. The third-order valence-electron chi connectivity index (χ3n) is 6.89. The van der Waals surface area contributed by atoms with E-state index in [9.17, 15) is 24.3 Å². The first-order chi connectivity index (χ1) is 19.1. The van der Waals surface area contributed by atoms with Gasteiger partial charge in [-0.05, 0) is 69.2 Å². The number of amides is 3. The predicted molar refractivity (Wildman–Crippen MR) is 154 cm³/mol. The summed E-state index contributed by atoms with van der Waals surface area (Å²) in [5.74, 6) is -2.98. The minimum absolute atomic E-state index is 0.153. The van der Waals surface area contributed by atoms with Gasteiger partial charge in [0.05, 0.1) is 6.04 Å². The Balaban J connectivity index is 2.27. The van der Waals surface area contributed by atoms with Crippen LogP contribution in [0, 0.1) is 5.92 Å². The van der Waals surface area contributed by atoms with Crippen molar-refractivity contribution in [1.29, 1.82) is 0 Å². The number of carboxylic acids is 1. The molecule has 222 valence electrons. The summed E-state index contributed by atoms with van der Waals surface area (Å²) in [6.07, 6.45) is 4.73. The molecule has 0 spiro atoms. The van der Waals surface area contributed by atoms with Gasteiger partial charge in [-0.1, -0.05) is 32.0 Å². The Kier molecular flexibility index (Phi) is 13.6. The third kappa shape index (κ3) is 9.92. The van der Waals surface area contributed by atoms with E-state index in [0.29, 0.717) is 38.8 Å². The van der Waals surface area contributed by atoms with Crippen molar-refractivity contribution in [3.8, 4) is 0 Å². The molecule has 1 aromatic carbocycles. The molecule has 2 aromatic rings. The van der Waals surface area contributed by atoms with Gasteiger partial charge in [-0.3, -0.25) is 14.4 Å². The molecule has 0 aliphatic carbocycles. The van der Waals surface area contributed by atoms with Gasteiger partial charge in [0.25, 0.3) is 0 Å². The van der Waals surface area contributed by atoms with Crippen molar-refractivity contribution in [3.05, 3.63) is 36.0 Å². The van der Waals surface area contributed by atoms with Crippen LogP contribution in [0.15, 0.2) is 30.5 Å². The molecule has 0 saturated heterocycles. The molecule has 4 atom stereocenters. The largest absolute Gasteiger partial charge is 0.480 e. The fourth-order valence-corrected chi connectivity index (χ4v) is 4.36. The predicted octanol–water partition coefficient (Wildman–Crippen LogP) is 0.491. The van der Waals surface area contributed by atoms with Crippen LogP contribution in [0.4, 0.5) is 0 Å². The number of carboxylic acid groups (broad SMARTS) is 1. The quantitative estimate of drug-likeness (QED) is 0.120. The zero-order valence-electron chi connectivity index (χ0n) is 23.4. The molecule has 0 bridgehead atoms. The van der Waals surface area contributed by atoms with E-state index in [1.54, 1.807) is 6.20 Å². The van der Waals surface area contributed by atoms with Gasteiger partial charge >= 0.3 is 5.97 Å². The SMILES string of the molecule is CC(C)C(N)C(=O)NC(Cc1c[nH]c2ccccc12)C(=O)NC(CCCCN)C(=O)NC(CCCCN)C(=O)O. The van der Waals surface area contributed by atoms with Crippen molar-refractivity contribution in [1.82, 2.24) is 20.9 Å². The number of para-hydroxylation sites is 1. The number of unbranched alkanes of at least 4 members (excludes halogenated alkanes) is 2. The molecule has 0 aliphatic heterocycles. The molecule has 1 heterocycles. The summed E-state index contributed by atoms with van der Waals surface area (Å²) in [6.45, 7) is 4.44. The molecule has 4 unspecified atom stereocenters. The van der Waals surface area contributed by atoms with Crippen LogP contribution in [0.2, 0.25) is 0 Å². The Morgan fingerprint density at radius 2 is 1.38 bits per heavy atom. The van der Waals surface area contributed by atoms with Gasteiger partial charge in [0.2, 0.25) is 17.7 Å². The van der Waals surface area contributed by atoms with E-state index in [4.69, 9.17) is 17.2 Å². The maximum absolute atomic E-state index is 13.6. The van der Waals surface area contributed by atoms with Crippen LogP contribution in [0.5, 0.6) is 0 Å². The van der Waals surface area contributed by atoms with E-state index in [2.05, 4.69) is 20.9 Å². The Morgan fingerprint density at radius 3 is 1.98 bits per heavy atom. The summed E-state index contributed by atoms with van der Waals surface area (Å²) in [7, 11) is 0. The molecule has 40 heavy (non-hydrogen) atoms. The fraction of sp³-hybridized carbons (Fsp3) is 0.571. The molecule has 1 aromatic heterocycles. The second kappa shape index (κ2) is 16.6. The number of H-pyrrole nitrogens is 1. The second-order valence-electron chi connectivity index (χ2n) is 10.4. The number of benzene rings is 1. The molecule has 12 heteroatoms. The summed E-state index contributed by atoms with van der Waals surface area (Å²) >= 11 is 0. The van der Waals surface area contributed by atoms with Crippen molar-refractivity contribution < 1.29 is 24.3 Å². The molecular weight excluding hydrogens is 514 g/mol. The lowest BCUT2D eigenvalue weighted by atomic mass is 10.0. The van der Waals surface area contributed by atoms with Crippen LogP contribution < -0.4 is 33.2 Å². The topological polar surface area (TPSA) is 218 Å². The van der Waals surface area contributed by atoms with Crippen molar-refractivity contribution in [2.45, 2.75) is 83.0 Å². The monoisotopic (exact) mass is 559 g/mol. The van der Waals surface area contributed by atoms with E-state index in [1.165, 1.54) is 0 Å². The number of carbonyl (C=O) groups excluding carboxylic acids is 3. The van der Waals surface area contributed by atoms with Crippen LogP contribution in [0.1, 0.15) is 57.9 Å². The van der Waals surface area contributed by atoms with Crippen LogP contribution in [0.3, 0.4) is 0 Å². The second-order valence-corrected chi connectivity index (χ2v) is 10.4. The summed E-state index contributed by atoms with van der Waals surface area (Å²) < 4.78 is 0. The minimum Gasteiger partial charge on any atom is -0.480 e. The number of aromatic nitrogens is 1. The average molecular weight is 560 g/mol. The van der Waals surface area contributed by atoms with E-state index >= 15 is 0 Å². The van der Waals surface area contributed by atoms with Crippen LogP contribution in [0.25, 0.3) is 10.9 Å². The van der Waals surface area contributed by atoms with Crippen LogP contribution in [-0.2, 0) is 25.6 Å². The van der Waals surface area contributed by atoms with Crippen molar-refractivity contribution >= 4 is 34.6 Å². The maximum Gasteiger partial charge on any atom is 0.326 e. The molecular formula is C28H45N7O5. The van der Waals surface area contributed by atoms with Gasteiger partial charge < -0.3 is 43.2 Å². The van der Waals surface area contributed by atoms with Crippen molar-refractivity contribution in [3.63, 3.8) is 0 Å². The van der Waals surface area contributed by atoms with Crippen molar-refractivity contribution in [2.24, 2.45) is 23.1 Å². The molecule has 0 aliphatic rings. The molecule has 0 saturated carbocycles. The lowest BCUT2D eigenvalue weighted by molar-refractivity contribution is -0.142. The molecule has 11 N–H and O–H groups in total. The van der Waals surface area contributed by atoms with E-state index in [1.807, 2.05) is 38.1 Å². The summed E-state index contributed by atoms with van der Waals surface area (Å²) in [5, 5.41) is 18.6. The molecule has 3 amide bonds. The molecule has 0 radical (unpaired) electrons. The van der Waals surface area contributed by atoms with Gasteiger partial charge in [0.1, 0.15) is 18.1 Å². The van der Waals surface area contributed by atoms with Crippen LogP contribution in [-0.4, -0.2) is 71.0 Å². The highest BCUT2D eigenvalue weighted by Gasteiger charge is 2.31. The third-order valence-corrected chi connectivity index (χ3v) is 6.89. The first kappa shape index (κ1) is 32.7. The highest BCUT2D eigenvalue weighted by Crippen LogP contribution is 2.19. The zero-order valence-corrected chi connectivity index (χ0v) is 23.4. The van der Waals surface area contributed by atoms with Gasteiger partial charge in [-0.25, -0.2) is 4.79 Å². The number of rotatable bonds is 18. The standard InChI is InChI=1S/C28H45N7O5/c1-17(2)24(31)27(38)35-23(15-18-16-32-20-10-4-3-9-19(18)20)26(37)33-21(11-5-7-13-29)25(36)34-22(28(39)40)12-6-8-14-30/h3-4,9-10,16-17,21-24,32H,5-8,11-15,29-31H2,1-2H3,(H,33,37)(H,34,36)(H,35,38)(H,39,40). The number of nitrogens with one attached hydrogen (secondary N) is 4. The highest BCUT2D eigenvalue weighted by molar-refractivity contribution is 5.95. The zero-order chi connectivity index (χ0) is 29.7. The number of carbonyl (C=O) groups is 4. The Bertz CT molecular complexity index is 1120. The number of aliphatic carboxylic acids is 1. The first-order valence-corrected chi connectivity index (χ1v) is 13.9. The number of aromatic amines is 1. The van der Waals surface area contributed by atoms with E-state index in [-0.39, 0.29) is 25.2 Å². The number of hydrogen-bond acceptors (Lipinski definition) is 7. The first-order valence-electron chi connectivity index (χ1n) is 13.9. The lowest BCUT2D eigenvalue weighted by Gasteiger charge is -2.26. The van der Waals surface area contributed by atoms with Gasteiger partial charge in [-0.2, -0.15) is 0 Å². The number of fused-ring (bicyclic) bond motifs is 1. The lowest BCUT2D eigenvalue weighted by Crippen LogP contribution is -2.58. The van der Waals surface area contributed by atoms with Gasteiger partial charge in [0.15, 0.2) is 0 Å². The highest BCUT2D eigenvalue weighted by atomic mass is 16.4. The molecule has 12 nitrogen and oxygen atoms in total. The van der Waals surface area contributed by atoms with Gasteiger partial charge in [0, 0.05) is 23.5 Å². The Labute approximate surface area is 235 Å². The van der Waals surface area contributed by atoms with Gasteiger partial charge in [-0.15, -0.1) is 0 Å². The smallest absolute Gasteiger partial charge is 0.326 e. The summed E-state index contributed by atoms with van der Waals surface area (Å²) in [4.78, 5) is 54.6. The Morgan fingerprint density at radius 1 is 0.825 bits per heavy atom. The molecule has 2 rings (SSSR count). The van der Waals surface area contributed by atoms with E-state index in [0.717, 1.165) is 16.5 Å². The summed E-state index contributed by atoms with van der Waals surface area (Å²) in [5.41, 5.74) is 18.9. The summed E-state index contributed by atoms with van der Waals surface area (Å²) in [6, 6.07) is 3.61. The van der Waals surface area contributed by atoms with Crippen molar-refractivity contribution in [2.75, 3.05) is 13.1 Å². The fourth-order valence-electron chi connectivity index (χ4n) is 4.36. The van der Waals surface area contributed by atoms with E-state index < -0.39 is 47.9 Å². The Hall–Kier alpha value is -3.48. The normalized spacial score (nSPS) is 14.3. The number of nitrogens with two attached hydrogens (primary N) is 3. The number of hydrogen-bond donors (Lipinski definition) is 8.